The zero-order valence-corrected chi connectivity index (χ0v) is 30.7. The van der Waals surface area contributed by atoms with E-state index in [1.54, 1.807) is 0 Å². The normalized spacial score (nSPS) is 11.4. The molecule has 0 spiro atoms. The molecule has 270 valence electrons. The third-order valence-corrected chi connectivity index (χ3v) is 7.51. The van der Waals surface area contributed by atoms with Crippen LogP contribution < -0.4 is 0 Å². The van der Waals surface area contributed by atoms with Crippen LogP contribution in [-0.2, 0) is 47.4 Å². The minimum Gasteiger partial charge on any atom is -0.463 e. The smallest absolute Gasteiger partial charge is 0.305 e. The van der Waals surface area contributed by atoms with Gasteiger partial charge >= 0.3 is 5.97 Å². The van der Waals surface area contributed by atoms with Gasteiger partial charge in [0.15, 0.2) is 0 Å². The van der Waals surface area contributed by atoms with E-state index in [4.69, 9.17) is 42.6 Å². The van der Waals surface area contributed by atoms with Crippen LogP contribution in [0.5, 0.6) is 0 Å². The van der Waals surface area contributed by atoms with E-state index in [9.17, 15) is 4.79 Å². The maximum Gasteiger partial charge on any atom is 0.305 e. The first-order chi connectivity index (χ1) is 22.3. The molecule has 0 N–H and O–H groups in total. The molecule has 45 heavy (non-hydrogen) atoms. The van der Waals surface area contributed by atoms with E-state index in [0.29, 0.717) is 112 Å². The van der Waals surface area contributed by atoms with E-state index >= 15 is 0 Å². The minimum atomic E-state index is -0.131. The Bertz CT molecular complexity index is 559. The first-order valence-electron chi connectivity index (χ1n) is 17.6. The molecule has 10 nitrogen and oxygen atoms in total. The van der Waals surface area contributed by atoms with Crippen molar-refractivity contribution in [3.8, 4) is 0 Å². The first kappa shape index (κ1) is 44.9. The third kappa shape index (κ3) is 41.9. The molecule has 0 aromatic rings. The Hall–Kier alpha value is -0.120. The Labute approximate surface area is 288 Å². The van der Waals surface area contributed by atoms with Gasteiger partial charge in [-0.15, -0.1) is 0 Å². The number of ether oxygens (including phenoxy) is 9. The van der Waals surface area contributed by atoms with Crippen molar-refractivity contribution in [3.63, 3.8) is 0 Å². The van der Waals surface area contributed by atoms with Crippen molar-refractivity contribution in [3.05, 3.63) is 0 Å². The molecule has 11 heteroatoms. The number of rotatable bonds is 40. The van der Waals surface area contributed by atoms with Crippen LogP contribution >= 0.6 is 22.6 Å². The van der Waals surface area contributed by atoms with Gasteiger partial charge in [0.05, 0.1) is 99.1 Å². The molecular formula is C34H67IO10. The molecule has 0 saturated heterocycles. The number of hydrogen-bond acceptors (Lipinski definition) is 10. The van der Waals surface area contributed by atoms with Crippen molar-refractivity contribution in [2.24, 2.45) is 0 Å². The predicted octanol–water partition coefficient (Wildman–Crippen LogP) is 6.58. The predicted molar refractivity (Wildman–Crippen MR) is 187 cm³/mol. The van der Waals surface area contributed by atoms with Gasteiger partial charge in [0.2, 0.25) is 0 Å². The maximum atomic E-state index is 11.8. The number of alkyl halides is 1. The Balaban J connectivity index is 3.10. The summed E-state index contributed by atoms with van der Waals surface area (Å²) in [6, 6.07) is 0. The second kappa shape index (κ2) is 41.9. The average Bonchev–Trinajstić information content (AvgIpc) is 3.05. The van der Waals surface area contributed by atoms with Gasteiger partial charge in [-0.05, 0) is 23.7 Å². The summed E-state index contributed by atoms with van der Waals surface area (Å²) >= 11 is 2.42. The lowest BCUT2D eigenvalue weighted by atomic mass is 10.1. The zero-order valence-electron chi connectivity index (χ0n) is 28.6. The Kier molecular flexibility index (Phi) is 41.8. The summed E-state index contributed by atoms with van der Waals surface area (Å²) in [4.78, 5) is 11.8. The third-order valence-electron chi connectivity index (χ3n) is 6.75. The van der Waals surface area contributed by atoms with Gasteiger partial charge < -0.3 is 42.6 Å². The molecule has 0 fully saturated rings. The van der Waals surface area contributed by atoms with Crippen molar-refractivity contribution in [1.29, 1.82) is 0 Å². The zero-order chi connectivity index (χ0) is 32.6. The summed E-state index contributed by atoms with van der Waals surface area (Å²) in [6.45, 7) is 11.2. The molecule has 0 rings (SSSR count). The fraction of sp³-hybridized carbons (Fsp3) is 0.971. The highest BCUT2D eigenvalue weighted by atomic mass is 127. The number of carbonyl (C=O) groups excluding carboxylic acids is 1. The molecule has 0 aromatic heterocycles. The quantitative estimate of drug-likeness (QED) is 0.0295. The van der Waals surface area contributed by atoms with Gasteiger partial charge in [-0.1, -0.05) is 93.7 Å². The highest BCUT2D eigenvalue weighted by Gasteiger charge is 2.03. The van der Waals surface area contributed by atoms with E-state index in [-0.39, 0.29) is 5.97 Å². The minimum absolute atomic E-state index is 0.131. The molecule has 0 aliphatic heterocycles. The summed E-state index contributed by atoms with van der Waals surface area (Å²) < 4.78 is 50.4. The summed E-state index contributed by atoms with van der Waals surface area (Å²) in [5.74, 6) is -0.131. The van der Waals surface area contributed by atoms with Crippen LogP contribution in [0.15, 0.2) is 0 Å². The number of unbranched alkanes of at least 4 members (excludes halogenated alkanes) is 11. The van der Waals surface area contributed by atoms with Crippen LogP contribution in [0, 0.1) is 0 Å². The average molecular weight is 763 g/mol. The van der Waals surface area contributed by atoms with Crippen LogP contribution in [0.25, 0.3) is 0 Å². The standard InChI is InChI=1S/C34H67IO10/c1-2-3-4-5-6-7-8-9-12-15-34(36)45-33-32-44-31-30-43-29-28-42-27-26-41-25-24-40-23-22-39-21-20-38-19-18-37-17-14-11-10-13-16-35/h2-33H2,1H3. The highest BCUT2D eigenvalue weighted by molar-refractivity contribution is 14.1. The van der Waals surface area contributed by atoms with Crippen LogP contribution in [0.4, 0.5) is 0 Å². The van der Waals surface area contributed by atoms with Gasteiger partial charge in [0.1, 0.15) is 6.61 Å². The molecule has 0 saturated carbocycles. The van der Waals surface area contributed by atoms with Crippen molar-refractivity contribution in [2.75, 3.05) is 117 Å². The Morgan fingerprint density at radius 3 is 1.09 bits per heavy atom. The van der Waals surface area contributed by atoms with Gasteiger partial charge in [0, 0.05) is 13.0 Å². The van der Waals surface area contributed by atoms with Gasteiger partial charge in [-0.3, -0.25) is 4.79 Å². The number of esters is 1. The van der Waals surface area contributed by atoms with Crippen molar-refractivity contribution < 1.29 is 47.4 Å². The summed E-state index contributed by atoms with van der Waals surface area (Å²) in [6.07, 6.45) is 16.6. The van der Waals surface area contributed by atoms with E-state index in [2.05, 4.69) is 29.5 Å². The van der Waals surface area contributed by atoms with Crippen molar-refractivity contribution >= 4 is 28.6 Å². The first-order valence-corrected chi connectivity index (χ1v) is 19.2. The second-order valence-electron chi connectivity index (χ2n) is 10.8. The van der Waals surface area contributed by atoms with Crippen LogP contribution in [0.3, 0.4) is 0 Å². The molecule has 0 amide bonds. The van der Waals surface area contributed by atoms with E-state index in [1.165, 1.54) is 68.6 Å². The maximum absolute atomic E-state index is 11.8. The summed E-state index contributed by atoms with van der Waals surface area (Å²) in [5.41, 5.74) is 0. The van der Waals surface area contributed by atoms with Gasteiger partial charge in [-0.2, -0.15) is 0 Å². The number of carbonyl (C=O) groups is 1. The number of hydrogen-bond donors (Lipinski definition) is 0. The molecule has 0 aliphatic rings. The highest BCUT2D eigenvalue weighted by Crippen LogP contribution is 2.10. The molecular weight excluding hydrogens is 695 g/mol. The lowest BCUT2D eigenvalue weighted by Crippen LogP contribution is -2.15. The molecule has 0 unspecified atom stereocenters. The monoisotopic (exact) mass is 762 g/mol. The lowest BCUT2D eigenvalue weighted by molar-refractivity contribution is -0.145. The van der Waals surface area contributed by atoms with E-state index in [1.807, 2.05) is 0 Å². The second-order valence-corrected chi connectivity index (χ2v) is 11.9. The lowest BCUT2D eigenvalue weighted by Gasteiger charge is -2.09. The SMILES string of the molecule is CCCCCCCCCCCC(=O)OCCOCCOCCOCCOCCOCCOCCOCCOCCCCCCI. The Morgan fingerprint density at radius 2 is 0.689 bits per heavy atom. The fourth-order valence-electron chi connectivity index (χ4n) is 4.16. The summed E-state index contributed by atoms with van der Waals surface area (Å²) in [5, 5.41) is 0. The van der Waals surface area contributed by atoms with E-state index < -0.39 is 0 Å². The fourth-order valence-corrected chi connectivity index (χ4v) is 4.70. The molecule has 0 atom stereocenters. The van der Waals surface area contributed by atoms with Crippen molar-refractivity contribution in [1.82, 2.24) is 0 Å². The topological polar surface area (TPSA) is 100 Å². The number of halogens is 1. The summed E-state index contributed by atoms with van der Waals surface area (Å²) in [7, 11) is 0. The van der Waals surface area contributed by atoms with Crippen LogP contribution in [0.2, 0.25) is 0 Å². The molecule has 0 heterocycles. The van der Waals surface area contributed by atoms with Gasteiger partial charge in [-0.25, -0.2) is 0 Å². The van der Waals surface area contributed by atoms with Crippen LogP contribution in [-0.4, -0.2) is 123 Å². The van der Waals surface area contributed by atoms with Crippen molar-refractivity contribution in [2.45, 2.75) is 96.8 Å². The molecule has 0 aromatic carbocycles. The van der Waals surface area contributed by atoms with E-state index in [0.717, 1.165) is 25.9 Å². The van der Waals surface area contributed by atoms with Crippen LogP contribution in [0.1, 0.15) is 96.8 Å². The Morgan fingerprint density at radius 1 is 0.378 bits per heavy atom. The van der Waals surface area contributed by atoms with Gasteiger partial charge in [0.25, 0.3) is 0 Å². The largest absolute Gasteiger partial charge is 0.463 e. The molecule has 0 aliphatic carbocycles. The molecule has 0 bridgehead atoms. The molecule has 0 radical (unpaired) electrons.